The molecule has 5 atom stereocenters. The first kappa shape index (κ1) is 39.0. The molecule has 247 valence electrons. The molecule has 2 amide bonds. The Morgan fingerprint density at radius 3 is 2.50 bits per heavy atom. The van der Waals surface area contributed by atoms with Crippen molar-refractivity contribution in [3.05, 3.63) is 34.2 Å². The first-order chi connectivity index (χ1) is 20.4. The molecule has 14 heteroatoms. The fourth-order valence-electron chi connectivity index (χ4n) is 4.67. The van der Waals surface area contributed by atoms with Gasteiger partial charge in [-0.1, -0.05) is 40.7 Å². The van der Waals surface area contributed by atoms with Crippen molar-refractivity contribution in [2.45, 2.75) is 90.8 Å². The number of aromatic nitrogens is 2. The number of carbonyl (C=O) groups excluding carboxylic acids is 2. The van der Waals surface area contributed by atoms with Gasteiger partial charge in [0.1, 0.15) is 11.8 Å². The number of amides is 2. The van der Waals surface area contributed by atoms with E-state index in [0.717, 1.165) is 12.8 Å². The Balaban J connectivity index is 0.000000822. The van der Waals surface area contributed by atoms with Crippen LogP contribution in [0.4, 0.5) is 13.6 Å². The first-order valence-electron chi connectivity index (χ1n) is 14.7. The van der Waals surface area contributed by atoms with Crippen molar-refractivity contribution < 1.29 is 57.7 Å². The van der Waals surface area contributed by atoms with Gasteiger partial charge in [0, 0.05) is 45.6 Å². The van der Waals surface area contributed by atoms with Crippen molar-refractivity contribution in [1.29, 1.82) is 0 Å². The van der Waals surface area contributed by atoms with Gasteiger partial charge in [-0.05, 0) is 49.7 Å². The molecule has 1 saturated carbocycles. The second-order valence-corrected chi connectivity index (χ2v) is 10.5. The third-order valence-corrected chi connectivity index (χ3v) is 7.36. The Morgan fingerprint density at radius 2 is 1.95 bits per heavy atom. The molecule has 2 fully saturated rings. The van der Waals surface area contributed by atoms with Crippen molar-refractivity contribution in [3.63, 3.8) is 0 Å². The van der Waals surface area contributed by atoms with E-state index >= 15 is 0 Å². The molecule has 11 nitrogen and oxygen atoms in total. The Labute approximate surface area is 269 Å². The van der Waals surface area contributed by atoms with Gasteiger partial charge in [0.2, 0.25) is 5.91 Å². The molecule has 2 aliphatic rings. The molecule has 4 rings (SSSR count). The summed E-state index contributed by atoms with van der Waals surface area (Å²) in [7, 11) is 1.49. The summed E-state index contributed by atoms with van der Waals surface area (Å²) in [6.07, 6.45) is 2.64. The van der Waals surface area contributed by atoms with Gasteiger partial charge in [-0.2, -0.15) is 8.78 Å². The van der Waals surface area contributed by atoms with Crippen LogP contribution in [0, 0.1) is 11.8 Å². The third-order valence-electron chi connectivity index (χ3n) is 7.36. The smallest absolute Gasteiger partial charge is 0.405 e. The number of methoxy groups -OCH3 is 1. The van der Waals surface area contributed by atoms with Crippen molar-refractivity contribution in [2.24, 2.45) is 11.8 Å². The molecule has 1 aromatic heterocycles. The number of fused-ring (bicyclic) bond motifs is 1. The Kier molecular flexibility index (Phi) is 16.0. The third kappa shape index (κ3) is 10.6. The molecule has 2 heterocycles. The second-order valence-electron chi connectivity index (χ2n) is 10.5. The number of hydrogen-bond donors (Lipinski definition) is 3. The molecule has 1 aliphatic heterocycles. The Morgan fingerprint density at radius 1 is 1.30 bits per heavy atom. The van der Waals surface area contributed by atoms with Gasteiger partial charge in [-0.3, -0.25) is 9.59 Å². The van der Waals surface area contributed by atoms with E-state index in [4.69, 9.17) is 14.6 Å². The van der Waals surface area contributed by atoms with E-state index in [1.54, 1.807) is 25.1 Å². The van der Waals surface area contributed by atoms with Crippen LogP contribution in [0.3, 0.4) is 0 Å². The minimum atomic E-state index is -3.29. The number of ether oxygens (including phenoxy) is 2. The predicted molar refractivity (Wildman–Crippen MR) is 159 cm³/mol. The van der Waals surface area contributed by atoms with E-state index in [-0.39, 0.29) is 50.9 Å². The number of nitrogens with zero attached hydrogens (tertiary/aromatic N) is 2. The minimum absolute atomic E-state index is 0. The average Bonchev–Trinajstić information content (AvgIpc) is 3.57. The van der Waals surface area contributed by atoms with E-state index < -0.39 is 41.8 Å². The number of hydrogen-bond acceptors (Lipinski definition) is 7. The van der Waals surface area contributed by atoms with Crippen LogP contribution in [0.15, 0.2) is 23.0 Å². The van der Waals surface area contributed by atoms with Gasteiger partial charge in [-0.15, -0.1) is 0 Å². The molecular weight excluding hydrogens is 617 g/mol. The number of nitrogens with one attached hydrogen (secondary N) is 2. The largest absolute Gasteiger partial charge is 0.540 e. The van der Waals surface area contributed by atoms with Gasteiger partial charge in [0.25, 0.3) is 11.5 Å². The molecule has 44 heavy (non-hydrogen) atoms. The summed E-state index contributed by atoms with van der Waals surface area (Å²) < 4.78 is 39.2. The van der Waals surface area contributed by atoms with Gasteiger partial charge in [0.15, 0.2) is 5.69 Å². The van der Waals surface area contributed by atoms with E-state index in [0.29, 0.717) is 35.7 Å². The molecule has 1 aromatic carbocycles. The molecule has 1 radical (unpaired) electrons. The molecule has 0 spiro atoms. The first-order valence-corrected chi connectivity index (χ1v) is 14.7. The number of likely N-dealkylation sites (tertiary alicyclic amines) is 1. The maximum Gasteiger partial charge on any atom is 0.405 e. The summed E-state index contributed by atoms with van der Waals surface area (Å²) in [5, 5.41) is 10.8. The van der Waals surface area contributed by atoms with Crippen LogP contribution < -0.4 is 15.6 Å². The molecule has 1 aliphatic carbocycles. The Hall–Kier alpha value is -3.03. The van der Waals surface area contributed by atoms with Crippen LogP contribution in [0.25, 0.3) is 11.0 Å². The number of rotatable bonds is 11. The number of halogens is 2. The van der Waals surface area contributed by atoms with E-state index in [9.17, 15) is 28.0 Å². The predicted octanol–water partition coefficient (Wildman–Crippen LogP) is 4.88. The molecule has 1 saturated heterocycles. The summed E-state index contributed by atoms with van der Waals surface area (Å²) in [5.41, 5.74) is -0.962. The van der Waals surface area contributed by atoms with Crippen molar-refractivity contribution in [2.75, 3.05) is 20.3 Å². The standard InChI is InChI=1S/C17H20F2N2O3.C11H17N2O4.C2H6.V.H2/c1-10-8-14(10)24-7-3-6-17(18,19)15-16(22)21-13-9-11(23-2)4-5-12(13)20-15;1-3-8(12-11(16)17)10(15)13-5-4-7(2)9(13)6-14;1-2;;/h4-5,9-10,14H,3,6-8H2,1-2H3,(H,21,22);7-9,12H,3-5H2,1-2H3,(H,16,17);1-2H3;;1H/q;-1;;;/t10?,14-;7-,8+,9-;;;/m11.../s1. The average molecular weight is 663 g/mol. The van der Waals surface area contributed by atoms with Gasteiger partial charge < -0.3 is 34.6 Å². The SMILES string of the molecule is CC.CC[C@H](NC(=O)O)C(=O)N1CC[C@@H](C)[C@H]1[C-]=O.COc1ccc2nc(C(F)(F)CCCO[C@@H]3CC3C)c(=O)[nH]c2c1.[HH].[V]. The number of carboxylic acid groups (broad SMARTS) is 1. The number of aromatic amines is 1. The summed E-state index contributed by atoms with van der Waals surface area (Å²) in [6, 6.07) is 3.37. The monoisotopic (exact) mass is 662 g/mol. The fraction of sp³-hybridized carbons (Fsp3) is 0.633. The van der Waals surface area contributed by atoms with Crippen molar-refractivity contribution >= 4 is 29.3 Å². The number of H-pyrrole nitrogens is 1. The van der Waals surface area contributed by atoms with E-state index in [1.807, 2.05) is 27.1 Å². The van der Waals surface area contributed by atoms with Crippen LogP contribution in [0.2, 0.25) is 0 Å². The Bertz CT molecular complexity index is 1300. The zero-order valence-corrected chi connectivity index (χ0v) is 27.5. The zero-order chi connectivity index (χ0) is 32.3. The molecule has 0 bridgehead atoms. The molecular formula is C30H45F2N4O7V-. The van der Waals surface area contributed by atoms with E-state index in [2.05, 4.69) is 22.2 Å². The normalized spacial score (nSPS) is 21.0. The summed E-state index contributed by atoms with van der Waals surface area (Å²) >= 11 is 0. The quantitative estimate of drug-likeness (QED) is 0.228. The topological polar surface area (TPSA) is 151 Å². The molecule has 1 unspecified atom stereocenters. The second kappa shape index (κ2) is 18.1. The van der Waals surface area contributed by atoms with Gasteiger partial charge in [-0.25, -0.2) is 16.1 Å². The summed E-state index contributed by atoms with van der Waals surface area (Å²) in [4.78, 5) is 53.1. The molecule has 3 N–H and O–H groups in total. The van der Waals surface area contributed by atoms with Crippen LogP contribution in [-0.2, 0) is 38.8 Å². The fourth-order valence-corrected chi connectivity index (χ4v) is 4.67. The van der Waals surface area contributed by atoms with Crippen molar-refractivity contribution in [3.8, 4) is 5.75 Å². The van der Waals surface area contributed by atoms with Gasteiger partial charge >= 0.3 is 6.09 Å². The zero-order valence-electron chi connectivity index (χ0n) is 26.1. The summed E-state index contributed by atoms with van der Waals surface area (Å²) in [6.45, 7) is 10.4. The number of carbonyl (C=O) groups is 2. The maximum absolute atomic E-state index is 14.3. The van der Waals surface area contributed by atoms with Crippen molar-refractivity contribution in [1.82, 2.24) is 20.2 Å². The van der Waals surface area contributed by atoms with Crippen LogP contribution in [0.1, 0.15) is 73.8 Å². The van der Waals surface area contributed by atoms with Crippen LogP contribution in [-0.4, -0.2) is 76.7 Å². The maximum atomic E-state index is 14.3. The number of benzene rings is 1. The number of alkyl halides is 2. The van der Waals surface area contributed by atoms with Gasteiger partial charge in [0.05, 0.1) is 24.2 Å². The van der Waals surface area contributed by atoms with Crippen LogP contribution >= 0.6 is 0 Å². The van der Waals surface area contributed by atoms with Crippen LogP contribution in [0.5, 0.6) is 5.75 Å². The summed E-state index contributed by atoms with van der Waals surface area (Å²) in [5.74, 6) is -2.51. The van der Waals surface area contributed by atoms with E-state index in [1.165, 1.54) is 12.0 Å². The minimum Gasteiger partial charge on any atom is -0.540 e. The molecule has 2 aromatic rings.